The van der Waals surface area contributed by atoms with Gasteiger partial charge in [0.1, 0.15) is 0 Å². The topological polar surface area (TPSA) is 46.5 Å². The van der Waals surface area contributed by atoms with Gasteiger partial charge >= 0.3 is 5.97 Å². The van der Waals surface area contributed by atoms with Gasteiger partial charge in [-0.1, -0.05) is 12.2 Å². The zero-order chi connectivity index (χ0) is 12.2. The average Bonchev–Trinajstić information content (AvgIpc) is 2.29. The van der Waals surface area contributed by atoms with Crippen LogP contribution in [0.3, 0.4) is 0 Å². The largest absolute Gasteiger partial charge is 0.466 e. The van der Waals surface area contributed by atoms with E-state index in [0.717, 1.165) is 19.3 Å². The second-order valence-corrected chi connectivity index (χ2v) is 4.93. The number of carbonyl (C=O) groups is 1. The first kappa shape index (κ1) is 13.2. The minimum Gasteiger partial charge on any atom is -0.466 e. The first-order chi connectivity index (χ1) is 7.50. The zero-order valence-electron chi connectivity index (χ0n) is 10.4. The van der Waals surface area contributed by atoms with Crippen LogP contribution in [0.25, 0.3) is 0 Å². The van der Waals surface area contributed by atoms with Crippen LogP contribution in [0, 0.1) is 11.3 Å². The van der Waals surface area contributed by atoms with Crippen molar-refractivity contribution in [3.05, 3.63) is 12.2 Å². The van der Waals surface area contributed by atoms with Gasteiger partial charge in [-0.2, -0.15) is 0 Å². The number of hydrogen-bond donors (Lipinski definition) is 1. The lowest BCUT2D eigenvalue weighted by atomic mass is 9.75. The maximum atomic E-state index is 11.7. The Balaban J connectivity index is 2.66. The highest BCUT2D eigenvalue weighted by molar-refractivity contribution is 5.76. The molecule has 1 N–H and O–H groups in total. The molecule has 0 amide bonds. The highest BCUT2D eigenvalue weighted by Gasteiger charge is 2.41. The van der Waals surface area contributed by atoms with E-state index in [1.807, 2.05) is 0 Å². The molecule has 92 valence electrons. The molecule has 1 aliphatic carbocycles. The second-order valence-electron chi connectivity index (χ2n) is 4.93. The molecule has 2 unspecified atom stereocenters. The Hall–Kier alpha value is -0.830. The number of rotatable bonds is 4. The molecule has 0 spiro atoms. The summed E-state index contributed by atoms with van der Waals surface area (Å²) in [5.41, 5.74) is -0.814. The fourth-order valence-corrected chi connectivity index (χ4v) is 2.13. The van der Waals surface area contributed by atoms with Crippen molar-refractivity contribution in [2.75, 3.05) is 6.61 Å². The quantitative estimate of drug-likeness (QED) is 0.591. The monoisotopic (exact) mass is 226 g/mol. The number of allylic oxidation sites excluding steroid dienone is 2. The second kappa shape index (κ2) is 5.48. The molecule has 0 aromatic rings. The molecule has 1 aliphatic rings. The van der Waals surface area contributed by atoms with Crippen LogP contribution in [0.1, 0.15) is 40.0 Å². The third kappa shape index (κ3) is 2.85. The number of esters is 1. The number of aliphatic hydroxyl groups excluding tert-OH is 1. The van der Waals surface area contributed by atoms with E-state index in [1.165, 1.54) is 0 Å². The summed E-state index contributed by atoms with van der Waals surface area (Å²) in [4.78, 5) is 11.7. The smallest absolute Gasteiger partial charge is 0.314 e. The van der Waals surface area contributed by atoms with Crippen molar-refractivity contribution >= 4 is 5.97 Å². The molecule has 3 nitrogen and oxygen atoms in total. The van der Waals surface area contributed by atoms with E-state index in [4.69, 9.17) is 4.74 Å². The molecule has 0 saturated carbocycles. The molecule has 1 rings (SSSR count). The fraction of sp³-hybridized carbons (Fsp3) is 0.769. The predicted molar refractivity (Wildman–Crippen MR) is 62.9 cm³/mol. The molecular formula is C13H22O3. The Labute approximate surface area is 97.5 Å². The molecule has 0 radical (unpaired) electrons. The van der Waals surface area contributed by atoms with Gasteiger partial charge in [-0.05, 0) is 46.0 Å². The van der Waals surface area contributed by atoms with Crippen molar-refractivity contribution in [3.63, 3.8) is 0 Å². The minimum atomic E-state index is -0.814. The van der Waals surface area contributed by atoms with Gasteiger partial charge in [-0.3, -0.25) is 4.79 Å². The Bertz CT molecular complexity index is 268. The minimum absolute atomic E-state index is 0.171. The van der Waals surface area contributed by atoms with E-state index in [0.29, 0.717) is 6.61 Å². The van der Waals surface area contributed by atoms with Gasteiger partial charge in [0.15, 0.2) is 0 Å². The van der Waals surface area contributed by atoms with Crippen LogP contribution in [0.4, 0.5) is 0 Å². The lowest BCUT2D eigenvalue weighted by Crippen LogP contribution is -2.43. The molecule has 0 heterocycles. The molecular weight excluding hydrogens is 204 g/mol. The lowest BCUT2D eigenvalue weighted by Gasteiger charge is -2.34. The van der Waals surface area contributed by atoms with Crippen molar-refractivity contribution in [2.24, 2.45) is 11.3 Å². The number of ether oxygens (including phenoxy) is 1. The van der Waals surface area contributed by atoms with Gasteiger partial charge in [0.2, 0.25) is 0 Å². The summed E-state index contributed by atoms with van der Waals surface area (Å²) in [5.74, 6) is -0.138. The van der Waals surface area contributed by atoms with Crippen LogP contribution in [-0.4, -0.2) is 23.8 Å². The summed E-state index contributed by atoms with van der Waals surface area (Å²) in [6.45, 7) is 5.66. The van der Waals surface area contributed by atoms with Gasteiger partial charge in [0.05, 0.1) is 18.1 Å². The Kier molecular flexibility index (Phi) is 4.54. The standard InChI is InChI=1S/C13H22O3/c1-4-16-12(15)13(2,3)11(14)10-8-6-5-7-9-10/h5-6,10-11,14H,4,7-9H2,1-3H3. The third-order valence-electron chi connectivity index (χ3n) is 3.30. The SMILES string of the molecule is CCOC(=O)C(C)(C)C(O)C1CC=CCC1. The van der Waals surface area contributed by atoms with Gasteiger partial charge in [-0.15, -0.1) is 0 Å². The van der Waals surface area contributed by atoms with Crippen LogP contribution < -0.4 is 0 Å². The Morgan fingerprint density at radius 1 is 1.56 bits per heavy atom. The predicted octanol–water partition coefficient (Wildman–Crippen LogP) is 2.29. The van der Waals surface area contributed by atoms with Gasteiger partial charge < -0.3 is 9.84 Å². The van der Waals surface area contributed by atoms with Crippen molar-refractivity contribution in [1.82, 2.24) is 0 Å². The molecule has 3 heteroatoms. The molecule has 0 aromatic carbocycles. The molecule has 0 fully saturated rings. The van der Waals surface area contributed by atoms with Crippen LogP contribution in [0.5, 0.6) is 0 Å². The fourth-order valence-electron chi connectivity index (χ4n) is 2.13. The summed E-state index contributed by atoms with van der Waals surface area (Å²) >= 11 is 0. The summed E-state index contributed by atoms with van der Waals surface area (Å²) in [6, 6.07) is 0. The number of aliphatic hydroxyl groups is 1. The van der Waals surface area contributed by atoms with Crippen LogP contribution in [0.2, 0.25) is 0 Å². The maximum absolute atomic E-state index is 11.7. The molecule has 16 heavy (non-hydrogen) atoms. The first-order valence-electron chi connectivity index (χ1n) is 6.00. The van der Waals surface area contributed by atoms with E-state index in [2.05, 4.69) is 12.2 Å². The van der Waals surface area contributed by atoms with E-state index < -0.39 is 11.5 Å². The maximum Gasteiger partial charge on any atom is 0.314 e. The number of carbonyl (C=O) groups excluding carboxylic acids is 1. The van der Waals surface area contributed by atoms with Gasteiger partial charge in [0, 0.05) is 0 Å². The van der Waals surface area contributed by atoms with Crippen LogP contribution in [-0.2, 0) is 9.53 Å². The van der Waals surface area contributed by atoms with Crippen molar-refractivity contribution in [3.8, 4) is 0 Å². The highest BCUT2D eigenvalue weighted by atomic mass is 16.5. The molecule has 0 saturated heterocycles. The van der Waals surface area contributed by atoms with Crippen LogP contribution in [0.15, 0.2) is 12.2 Å². The lowest BCUT2D eigenvalue weighted by molar-refractivity contribution is -0.162. The highest BCUT2D eigenvalue weighted by Crippen LogP contribution is 2.33. The van der Waals surface area contributed by atoms with E-state index in [1.54, 1.807) is 20.8 Å². The summed E-state index contributed by atoms with van der Waals surface area (Å²) in [5, 5.41) is 10.3. The molecule has 0 bridgehead atoms. The van der Waals surface area contributed by atoms with E-state index in [9.17, 15) is 9.90 Å². The van der Waals surface area contributed by atoms with Gasteiger partial charge in [0.25, 0.3) is 0 Å². The third-order valence-corrected chi connectivity index (χ3v) is 3.30. The summed E-state index contributed by atoms with van der Waals surface area (Å²) in [7, 11) is 0. The van der Waals surface area contributed by atoms with Crippen molar-refractivity contribution in [1.29, 1.82) is 0 Å². The molecule has 0 aromatic heterocycles. The Morgan fingerprint density at radius 2 is 2.25 bits per heavy atom. The van der Waals surface area contributed by atoms with Crippen molar-refractivity contribution in [2.45, 2.75) is 46.1 Å². The van der Waals surface area contributed by atoms with Crippen LogP contribution >= 0.6 is 0 Å². The number of hydrogen-bond acceptors (Lipinski definition) is 3. The van der Waals surface area contributed by atoms with E-state index in [-0.39, 0.29) is 11.9 Å². The molecule has 2 atom stereocenters. The summed E-state index contributed by atoms with van der Waals surface area (Å²) in [6.07, 6.45) is 6.36. The Morgan fingerprint density at radius 3 is 2.75 bits per heavy atom. The van der Waals surface area contributed by atoms with E-state index >= 15 is 0 Å². The zero-order valence-corrected chi connectivity index (χ0v) is 10.4. The van der Waals surface area contributed by atoms with Crippen molar-refractivity contribution < 1.29 is 14.6 Å². The molecule has 0 aliphatic heterocycles. The van der Waals surface area contributed by atoms with Gasteiger partial charge in [-0.25, -0.2) is 0 Å². The summed E-state index contributed by atoms with van der Waals surface area (Å²) < 4.78 is 5.00. The average molecular weight is 226 g/mol. The first-order valence-corrected chi connectivity index (χ1v) is 6.00. The normalized spacial score (nSPS) is 22.9.